The fraction of sp³-hybridized carbons (Fsp3) is 0.308. The number of aromatic nitrogens is 2. The Morgan fingerprint density at radius 3 is 2.76 bits per heavy atom. The van der Waals surface area contributed by atoms with Crippen molar-refractivity contribution < 1.29 is 4.74 Å². The third-order valence-electron chi connectivity index (χ3n) is 2.92. The maximum atomic E-state index is 5.67. The monoisotopic (exact) mass is 231 g/mol. The third-order valence-corrected chi connectivity index (χ3v) is 2.92. The molecule has 0 spiro atoms. The fourth-order valence-electron chi connectivity index (χ4n) is 2.05. The molecule has 4 nitrogen and oxygen atoms in total. The zero-order chi connectivity index (χ0) is 12.4. The molecule has 2 N–H and O–H groups in total. The average molecular weight is 231 g/mol. The summed E-state index contributed by atoms with van der Waals surface area (Å²) in [5, 5.41) is 4.41. The molecule has 0 aliphatic heterocycles. The molecule has 0 radical (unpaired) electrons. The van der Waals surface area contributed by atoms with Crippen LogP contribution < -0.4 is 10.5 Å². The summed E-state index contributed by atoms with van der Waals surface area (Å²) in [5.74, 6) is 0.845. The SMILES string of the molecule is COc1cccc(-c2c(C)c(CN)nn2C)c1. The molecule has 0 aliphatic carbocycles. The first-order chi connectivity index (χ1) is 8.17. The smallest absolute Gasteiger partial charge is 0.119 e. The minimum Gasteiger partial charge on any atom is -0.497 e. The van der Waals surface area contributed by atoms with Crippen LogP contribution >= 0.6 is 0 Å². The first-order valence-electron chi connectivity index (χ1n) is 5.54. The van der Waals surface area contributed by atoms with Gasteiger partial charge < -0.3 is 10.5 Å². The van der Waals surface area contributed by atoms with E-state index in [2.05, 4.69) is 5.10 Å². The molecule has 90 valence electrons. The highest BCUT2D eigenvalue weighted by molar-refractivity contribution is 5.66. The lowest BCUT2D eigenvalue weighted by molar-refractivity contribution is 0.415. The number of benzene rings is 1. The second-order valence-corrected chi connectivity index (χ2v) is 3.98. The summed E-state index contributed by atoms with van der Waals surface area (Å²) in [7, 11) is 3.60. The van der Waals surface area contributed by atoms with Crippen LogP contribution in [0.5, 0.6) is 5.75 Å². The molecule has 0 saturated heterocycles. The van der Waals surface area contributed by atoms with Gasteiger partial charge in [-0.1, -0.05) is 12.1 Å². The lowest BCUT2D eigenvalue weighted by Crippen LogP contribution is -1.99. The van der Waals surface area contributed by atoms with E-state index in [1.165, 1.54) is 0 Å². The second kappa shape index (κ2) is 4.59. The van der Waals surface area contributed by atoms with Gasteiger partial charge in [-0.15, -0.1) is 0 Å². The molecule has 0 bridgehead atoms. The Bertz CT molecular complexity index is 531. The van der Waals surface area contributed by atoms with E-state index in [0.29, 0.717) is 6.54 Å². The van der Waals surface area contributed by atoms with Crippen LogP contribution in [0.4, 0.5) is 0 Å². The van der Waals surface area contributed by atoms with Crippen LogP contribution in [-0.4, -0.2) is 16.9 Å². The molecule has 2 rings (SSSR count). The maximum absolute atomic E-state index is 5.67. The number of hydrogen-bond acceptors (Lipinski definition) is 3. The molecule has 1 aromatic carbocycles. The number of rotatable bonds is 3. The standard InChI is InChI=1S/C13H17N3O/c1-9-12(8-14)15-16(2)13(9)10-5-4-6-11(7-10)17-3/h4-7H,8,14H2,1-3H3. The molecule has 0 aliphatic rings. The van der Waals surface area contributed by atoms with Crippen molar-refractivity contribution in [1.82, 2.24) is 9.78 Å². The van der Waals surface area contributed by atoms with Crippen molar-refractivity contribution >= 4 is 0 Å². The highest BCUT2D eigenvalue weighted by atomic mass is 16.5. The fourth-order valence-corrected chi connectivity index (χ4v) is 2.05. The summed E-state index contributed by atoms with van der Waals surface area (Å²) >= 11 is 0. The highest BCUT2D eigenvalue weighted by Crippen LogP contribution is 2.27. The van der Waals surface area contributed by atoms with Crippen LogP contribution in [-0.2, 0) is 13.6 Å². The van der Waals surface area contributed by atoms with E-state index in [1.807, 2.05) is 42.9 Å². The predicted octanol–water partition coefficient (Wildman–Crippen LogP) is 1.86. The highest BCUT2D eigenvalue weighted by Gasteiger charge is 2.13. The first-order valence-corrected chi connectivity index (χ1v) is 5.54. The summed E-state index contributed by atoms with van der Waals surface area (Å²) in [4.78, 5) is 0. The van der Waals surface area contributed by atoms with E-state index in [9.17, 15) is 0 Å². The van der Waals surface area contributed by atoms with Gasteiger partial charge in [-0.25, -0.2) is 0 Å². The van der Waals surface area contributed by atoms with E-state index in [-0.39, 0.29) is 0 Å². The van der Waals surface area contributed by atoms with E-state index < -0.39 is 0 Å². The minimum absolute atomic E-state index is 0.462. The molecule has 4 heteroatoms. The molecular weight excluding hydrogens is 214 g/mol. The lowest BCUT2D eigenvalue weighted by Gasteiger charge is -2.06. The van der Waals surface area contributed by atoms with Crippen molar-refractivity contribution in [3.8, 4) is 17.0 Å². The van der Waals surface area contributed by atoms with Crippen LogP contribution in [0.2, 0.25) is 0 Å². The van der Waals surface area contributed by atoms with E-state index in [0.717, 1.165) is 28.3 Å². The van der Waals surface area contributed by atoms with E-state index in [1.54, 1.807) is 7.11 Å². The average Bonchev–Trinajstić information content (AvgIpc) is 2.64. The normalized spacial score (nSPS) is 10.6. The Morgan fingerprint density at radius 1 is 1.41 bits per heavy atom. The Kier molecular flexibility index (Phi) is 3.15. The summed E-state index contributed by atoms with van der Waals surface area (Å²) in [6, 6.07) is 7.96. The molecular formula is C13H17N3O. The van der Waals surface area contributed by atoms with Gasteiger partial charge in [0.2, 0.25) is 0 Å². The van der Waals surface area contributed by atoms with Gasteiger partial charge in [0.25, 0.3) is 0 Å². The van der Waals surface area contributed by atoms with Crippen molar-refractivity contribution in [2.75, 3.05) is 7.11 Å². The van der Waals surface area contributed by atoms with Gasteiger partial charge in [0.15, 0.2) is 0 Å². The molecule has 1 aromatic heterocycles. The third kappa shape index (κ3) is 2.03. The van der Waals surface area contributed by atoms with Crippen molar-refractivity contribution in [3.63, 3.8) is 0 Å². The molecule has 0 amide bonds. The molecule has 2 aromatic rings. The minimum atomic E-state index is 0.462. The van der Waals surface area contributed by atoms with Gasteiger partial charge in [0.1, 0.15) is 5.75 Å². The van der Waals surface area contributed by atoms with Crippen LogP contribution in [0.1, 0.15) is 11.3 Å². The maximum Gasteiger partial charge on any atom is 0.119 e. The first kappa shape index (κ1) is 11.7. The summed E-state index contributed by atoms with van der Waals surface area (Å²) < 4.78 is 7.10. The number of aryl methyl sites for hydroxylation is 1. The van der Waals surface area contributed by atoms with Crippen LogP contribution in [0.3, 0.4) is 0 Å². The number of nitrogens with two attached hydrogens (primary N) is 1. The Balaban J connectivity index is 2.55. The number of ether oxygens (including phenoxy) is 1. The topological polar surface area (TPSA) is 53.1 Å². The summed E-state index contributed by atoms with van der Waals surface area (Å²) in [6.07, 6.45) is 0. The largest absolute Gasteiger partial charge is 0.497 e. The molecule has 17 heavy (non-hydrogen) atoms. The molecule has 0 unspecified atom stereocenters. The van der Waals surface area contributed by atoms with Gasteiger partial charge in [0, 0.05) is 19.2 Å². The summed E-state index contributed by atoms with van der Waals surface area (Å²) in [5.41, 5.74) is 9.91. The zero-order valence-electron chi connectivity index (χ0n) is 10.4. The number of hydrogen-bond donors (Lipinski definition) is 1. The van der Waals surface area contributed by atoms with Gasteiger partial charge >= 0.3 is 0 Å². The second-order valence-electron chi connectivity index (χ2n) is 3.98. The number of nitrogens with zero attached hydrogens (tertiary/aromatic N) is 2. The predicted molar refractivity (Wildman–Crippen MR) is 67.8 cm³/mol. The Morgan fingerprint density at radius 2 is 2.18 bits per heavy atom. The Hall–Kier alpha value is -1.81. The molecule has 1 heterocycles. The van der Waals surface area contributed by atoms with E-state index >= 15 is 0 Å². The van der Waals surface area contributed by atoms with E-state index in [4.69, 9.17) is 10.5 Å². The van der Waals surface area contributed by atoms with Crippen LogP contribution in [0, 0.1) is 6.92 Å². The summed E-state index contributed by atoms with van der Waals surface area (Å²) in [6.45, 7) is 2.51. The molecule has 0 atom stereocenters. The quantitative estimate of drug-likeness (QED) is 0.877. The molecule has 0 saturated carbocycles. The van der Waals surface area contributed by atoms with Crippen molar-refractivity contribution in [2.24, 2.45) is 12.8 Å². The lowest BCUT2D eigenvalue weighted by atomic mass is 10.1. The zero-order valence-corrected chi connectivity index (χ0v) is 10.4. The van der Waals surface area contributed by atoms with Crippen LogP contribution in [0.15, 0.2) is 24.3 Å². The Labute approximate surface area is 101 Å². The van der Waals surface area contributed by atoms with Crippen molar-refractivity contribution in [2.45, 2.75) is 13.5 Å². The van der Waals surface area contributed by atoms with Gasteiger partial charge in [-0.3, -0.25) is 4.68 Å². The van der Waals surface area contributed by atoms with Crippen molar-refractivity contribution in [1.29, 1.82) is 0 Å². The number of methoxy groups -OCH3 is 1. The van der Waals surface area contributed by atoms with Gasteiger partial charge in [-0.2, -0.15) is 5.10 Å². The van der Waals surface area contributed by atoms with Gasteiger partial charge in [-0.05, 0) is 24.6 Å². The van der Waals surface area contributed by atoms with Crippen molar-refractivity contribution in [3.05, 3.63) is 35.5 Å². The molecule has 0 fully saturated rings. The van der Waals surface area contributed by atoms with Crippen LogP contribution in [0.25, 0.3) is 11.3 Å². The van der Waals surface area contributed by atoms with Gasteiger partial charge in [0.05, 0.1) is 18.5 Å².